The van der Waals surface area contributed by atoms with E-state index in [9.17, 15) is 4.79 Å². The number of aliphatic carboxylic acids is 1. The van der Waals surface area contributed by atoms with Crippen molar-refractivity contribution in [3.63, 3.8) is 0 Å². The second kappa shape index (κ2) is 3.33. The quantitative estimate of drug-likeness (QED) is 0.800. The van der Waals surface area contributed by atoms with E-state index in [1.165, 1.54) is 6.92 Å². The van der Waals surface area contributed by atoms with E-state index >= 15 is 0 Å². The average Bonchev–Trinajstić information content (AvgIpc) is 2.71. The van der Waals surface area contributed by atoms with Crippen LogP contribution in [0.3, 0.4) is 0 Å². The molecule has 0 spiro atoms. The van der Waals surface area contributed by atoms with Crippen molar-refractivity contribution < 1.29 is 14.7 Å². The van der Waals surface area contributed by atoms with Crippen LogP contribution < -0.4 is 0 Å². The number of hydrogen-bond acceptors (Lipinski definition) is 4. The molecule has 1 atom stereocenters. The highest BCUT2D eigenvalue weighted by Crippen LogP contribution is 2.27. The highest BCUT2D eigenvalue weighted by molar-refractivity contribution is 6.05. The molecule has 0 saturated heterocycles. The molecule has 0 fully saturated rings. The molecule has 6 nitrogen and oxygen atoms in total. The van der Waals surface area contributed by atoms with Gasteiger partial charge in [-0.05, 0) is 13.8 Å². The van der Waals surface area contributed by atoms with Gasteiger partial charge in [-0.25, -0.2) is 4.79 Å². The molecule has 6 heteroatoms. The van der Waals surface area contributed by atoms with Crippen molar-refractivity contribution in [2.24, 2.45) is 12.2 Å². The van der Waals surface area contributed by atoms with Crippen LogP contribution in [0, 0.1) is 6.92 Å². The largest absolute Gasteiger partial charge is 0.478 e. The monoisotopic (exact) mass is 223 g/mol. The Hall–Kier alpha value is -1.85. The van der Waals surface area contributed by atoms with Crippen molar-refractivity contribution in [1.82, 2.24) is 9.78 Å². The molecule has 1 unspecified atom stereocenters. The number of oxime groups is 1. The third kappa shape index (κ3) is 1.56. The maximum Gasteiger partial charge on any atom is 0.351 e. The van der Waals surface area contributed by atoms with Crippen LogP contribution in [0.1, 0.15) is 24.6 Å². The summed E-state index contributed by atoms with van der Waals surface area (Å²) in [5, 5.41) is 17.0. The molecule has 86 valence electrons. The predicted octanol–water partition coefficient (Wildman–Crippen LogP) is 0.696. The van der Waals surface area contributed by atoms with Crippen molar-refractivity contribution in [2.45, 2.75) is 25.9 Å². The number of carboxylic acid groups (broad SMARTS) is 1. The van der Waals surface area contributed by atoms with Crippen LogP contribution in [0.15, 0.2) is 11.4 Å². The van der Waals surface area contributed by atoms with Gasteiger partial charge < -0.3 is 9.94 Å². The Morgan fingerprint density at radius 3 is 2.81 bits per heavy atom. The molecule has 0 radical (unpaired) electrons. The molecule has 1 aliphatic heterocycles. The van der Waals surface area contributed by atoms with Crippen LogP contribution in [-0.4, -0.2) is 32.2 Å². The fraction of sp³-hybridized carbons (Fsp3) is 0.500. The van der Waals surface area contributed by atoms with Gasteiger partial charge in [0.1, 0.15) is 0 Å². The number of carbonyl (C=O) groups is 1. The van der Waals surface area contributed by atoms with Gasteiger partial charge >= 0.3 is 5.97 Å². The highest BCUT2D eigenvalue weighted by atomic mass is 16.7. The van der Waals surface area contributed by atoms with E-state index in [1.54, 1.807) is 4.68 Å². The lowest BCUT2D eigenvalue weighted by molar-refractivity contribution is -0.160. The zero-order valence-electron chi connectivity index (χ0n) is 9.39. The van der Waals surface area contributed by atoms with Crippen molar-refractivity contribution in [1.29, 1.82) is 0 Å². The molecule has 0 bridgehead atoms. The summed E-state index contributed by atoms with van der Waals surface area (Å²) in [4.78, 5) is 16.0. The van der Waals surface area contributed by atoms with Gasteiger partial charge in [0, 0.05) is 25.2 Å². The lowest BCUT2D eigenvalue weighted by Crippen LogP contribution is -2.35. The van der Waals surface area contributed by atoms with Crippen molar-refractivity contribution >= 4 is 11.7 Å². The SMILES string of the molecule is Cc1nn(C)cc1C1=NOC(C)(C(=O)O)C1. The summed E-state index contributed by atoms with van der Waals surface area (Å²) in [6.45, 7) is 3.37. The molecule has 2 rings (SSSR count). The molecule has 1 aromatic heterocycles. The normalized spacial score (nSPS) is 24.1. The first-order chi connectivity index (χ1) is 7.42. The van der Waals surface area contributed by atoms with Gasteiger partial charge in [0.15, 0.2) is 0 Å². The Balaban J connectivity index is 2.27. The first kappa shape index (κ1) is 10.7. The zero-order valence-corrected chi connectivity index (χ0v) is 9.39. The number of aryl methyl sites for hydroxylation is 2. The second-order valence-corrected chi connectivity index (χ2v) is 4.14. The summed E-state index contributed by atoms with van der Waals surface area (Å²) >= 11 is 0. The summed E-state index contributed by atoms with van der Waals surface area (Å²) in [6, 6.07) is 0. The Bertz CT molecular complexity index is 478. The molecular formula is C10H13N3O3. The minimum atomic E-state index is -1.25. The number of rotatable bonds is 2. The number of nitrogens with zero attached hydrogens (tertiary/aromatic N) is 3. The van der Waals surface area contributed by atoms with Crippen LogP contribution in [0.5, 0.6) is 0 Å². The first-order valence-electron chi connectivity index (χ1n) is 4.91. The van der Waals surface area contributed by atoms with Gasteiger partial charge in [-0.15, -0.1) is 0 Å². The van der Waals surface area contributed by atoms with Crippen LogP contribution in [-0.2, 0) is 16.7 Å². The lowest BCUT2D eigenvalue weighted by Gasteiger charge is -2.14. The first-order valence-corrected chi connectivity index (χ1v) is 4.91. The molecule has 0 aliphatic carbocycles. The molecular weight excluding hydrogens is 210 g/mol. The summed E-state index contributed by atoms with van der Waals surface area (Å²) in [5.41, 5.74) is 1.04. The van der Waals surface area contributed by atoms with Gasteiger partial charge in [-0.2, -0.15) is 5.10 Å². The van der Waals surface area contributed by atoms with Crippen molar-refractivity contribution in [3.05, 3.63) is 17.5 Å². The Labute approximate surface area is 92.5 Å². The topological polar surface area (TPSA) is 76.7 Å². The molecule has 1 aromatic rings. The molecule has 2 heterocycles. The van der Waals surface area contributed by atoms with E-state index in [1.807, 2.05) is 20.2 Å². The smallest absolute Gasteiger partial charge is 0.351 e. The Morgan fingerprint density at radius 2 is 2.38 bits per heavy atom. The predicted molar refractivity (Wildman–Crippen MR) is 56.2 cm³/mol. The van der Waals surface area contributed by atoms with E-state index in [0.29, 0.717) is 5.71 Å². The number of carboxylic acids is 1. The van der Waals surface area contributed by atoms with E-state index in [0.717, 1.165) is 11.3 Å². The molecule has 1 aliphatic rings. The van der Waals surface area contributed by atoms with E-state index in [2.05, 4.69) is 10.3 Å². The number of hydrogen-bond donors (Lipinski definition) is 1. The number of aromatic nitrogens is 2. The fourth-order valence-corrected chi connectivity index (χ4v) is 1.68. The summed E-state index contributed by atoms with van der Waals surface area (Å²) in [6.07, 6.45) is 2.07. The van der Waals surface area contributed by atoms with Gasteiger partial charge in [0.2, 0.25) is 5.60 Å². The van der Waals surface area contributed by atoms with E-state index < -0.39 is 11.6 Å². The molecule has 0 aromatic carbocycles. The Morgan fingerprint density at radius 1 is 1.69 bits per heavy atom. The van der Waals surface area contributed by atoms with Crippen LogP contribution >= 0.6 is 0 Å². The highest BCUT2D eigenvalue weighted by Gasteiger charge is 2.42. The lowest BCUT2D eigenvalue weighted by atomic mass is 9.96. The molecule has 0 saturated carbocycles. The third-order valence-corrected chi connectivity index (χ3v) is 2.64. The standard InChI is InChI=1S/C10H13N3O3/c1-6-7(5-13(3)11-6)8-4-10(2,9(14)15)16-12-8/h5H,4H2,1-3H3,(H,14,15). The second-order valence-electron chi connectivity index (χ2n) is 4.14. The average molecular weight is 223 g/mol. The summed E-state index contributed by atoms with van der Waals surface area (Å²) in [7, 11) is 1.81. The van der Waals surface area contributed by atoms with Crippen LogP contribution in [0.2, 0.25) is 0 Å². The summed E-state index contributed by atoms with van der Waals surface area (Å²) < 4.78 is 1.67. The van der Waals surface area contributed by atoms with E-state index in [-0.39, 0.29) is 6.42 Å². The molecule has 0 amide bonds. The van der Waals surface area contributed by atoms with Crippen LogP contribution in [0.4, 0.5) is 0 Å². The van der Waals surface area contributed by atoms with E-state index in [4.69, 9.17) is 9.94 Å². The minimum absolute atomic E-state index is 0.259. The maximum absolute atomic E-state index is 11.0. The summed E-state index contributed by atoms with van der Waals surface area (Å²) in [5.74, 6) is -1.01. The third-order valence-electron chi connectivity index (χ3n) is 2.64. The van der Waals surface area contributed by atoms with Crippen molar-refractivity contribution in [2.75, 3.05) is 0 Å². The maximum atomic E-state index is 11.0. The van der Waals surface area contributed by atoms with Gasteiger partial charge in [0.25, 0.3) is 0 Å². The fourth-order valence-electron chi connectivity index (χ4n) is 1.68. The van der Waals surface area contributed by atoms with Gasteiger partial charge in [-0.1, -0.05) is 5.16 Å². The van der Waals surface area contributed by atoms with Gasteiger partial charge in [-0.3, -0.25) is 4.68 Å². The zero-order chi connectivity index (χ0) is 11.9. The molecule has 1 N–H and O–H groups in total. The minimum Gasteiger partial charge on any atom is -0.478 e. The van der Waals surface area contributed by atoms with Crippen LogP contribution in [0.25, 0.3) is 0 Å². The van der Waals surface area contributed by atoms with Gasteiger partial charge in [0.05, 0.1) is 11.4 Å². The Kier molecular flexibility index (Phi) is 2.22. The molecule has 16 heavy (non-hydrogen) atoms. The van der Waals surface area contributed by atoms with Crippen molar-refractivity contribution in [3.8, 4) is 0 Å².